The fraction of sp³-hybridized carbons (Fsp3) is 0.391. The zero-order chi connectivity index (χ0) is 19.6. The van der Waals surface area contributed by atoms with Crippen LogP contribution in [0.1, 0.15) is 68.4 Å². The molecule has 1 amide bonds. The van der Waals surface area contributed by atoms with E-state index in [4.69, 9.17) is 0 Å². The van der Waals surface area contributed by atoms with E-state index in [9.17, 15) is 4.79 Å². The van der Waals surface area contributed by atoms with Crippen molar-refractivity contribution in [2.45, 2.75) is 58.5 Å². The number of nitrogens with one attached hydrogen (secondary N) is 1. The van der Waals surface area contributed by atoms with E-state index in [1.54, 1.807) is 18.3 Å². The second-order valence-electron chi connectivity index (χ2n) is 8.26. The van der Waals surface area contributed by atoms with E-state index in [1.165, 1.54) is 11.3 Å². The van der Waals surface area contributed by atoms with E-state index in [1.807, 2.05) is 18.2 Å². The van der Waals surface area contributed by atoms with Crippen molar-refractivity contribution >= 4 is 17.8 Å². The van der Waals surface area contributed by atoms with E-state index >= 15 is 0 Å². The van der Waals surface area contributed by atoms with Crippen LogP contribution in [0.2, 0.25) is 0 Å². The molecule has 1 aliphatic heterocycles. The molecule has 2 aromatic carbocycles. The van der Waals surface area contributed by atoms with Crippen LogP contribution in [0.3, 0.4) is 0 Å². The zero-order valence-electron chi connectivity index (χ0n) is 16.9. The number of hydrazone groups is 1. The Bertz CT molecular complexity index is 840. The Kier molecular flexibility index (Phi) is 5.36. The minimum atomic E-state index is -0.203. The molecule has 1 N–H and O–H groups in total. The van der Waals surface area contributed by atoms with Gasteiger partial charge >= 0.3 is 0 Å². The highest BCUT2D eigenvalue weighted by molar-refractivity contribution is 5.94. The van der Waals surface area contributed by atoms with E-state index in [0.29, 0.717) is 17.5 Å². The third-order valence-corrected chi connectivity index (χ3v) is 5.23. The summed E-state index contributed by atoms with van der Waals surface area (Å²) >= 11 is 0. The molecule has 0 aliphatic carbocycles. The van der Waals surface area contributed by atoms with Gasteiger partial charge in [0.15, 0.2) is 0 Å². The summed E-state index contributed by atoms with van der Waals surface area (Å²) in [6.07, 6.45) is 2.83. The van der Waals surface area contributed by atoms with Crippen molar-refractivity contribution in [2.75, 3.05) is 4.90 Å². The molecule has 0 saturated heterocycles. The number of anilines is 1. The second kappa shape index (κ2) is 7.55. The van der Waals surface area contributed by atoms with Crippen LogP contribution in [0.5, 0.6) is 0 Å². The van der Waals surface area contributed by atoms with Gasteiger partial charge in [-0.15, -0.1) is 0 Å². The average molecular weight is 364 g/mol. The summed E-state index contributed by atoms with van der Waals surface area (Å²) < 4.78 is 0. The number of hydrogen-bond acceptors (Lipinski definition) is 3. The lowest BCUT2D eigenvalue weighted by molar-refractivity contribution is 0.0955. The molecule has 0 fully saturated rings. The molecule has 0 saturated carbocycles. The van der Waals surface area contributed by atoms with E-state index in [2.05, 4.69) is 68.2 Å². The number of benzene rings is 2. The van der Waals surface area contributed by atoms with Gasteiger partial charge in [-0.05, 0) is 75.4 Å². The Morgan fingerprint density at radius 2 is 1.93 bits per heavy atom. The summed E-state index contributed by atoms with van der Waals surface area (Å²) in [6, 6.07) is 16.0. The van der Waals surface area contributed by atoms with Crippen molar-refractivity contribution in [1.29, 1.82) is 0 Å². The van der Waals surface area contributed by atoms with Crippen LogP contribution in [-0.2, 0) is 0 Å². The molecule has 0 aromatic heterocycles. The normalized spacial score (nSPS) is 18.6. The van der Waals surface area contributed by atoms with Gasteiger partial charge in [0.25, 0.3) is 5.91 Å². The quantitative estimate of drug-likeness (QED) is 0.617. The van der Waals surface area contributed by atoms with Crippen molar-refractivity contribution in [3.63, 3.8) is 0 Å². The van der Waals surface area contributed by atoms with Crippen LogP contribution >= 0.6 is 0 Å². The molecule has 1 atom stereocenters. The van der Waals surface area contributed by atoms with Gasteiger partial charge in [0.05, 0.1) is 6.21 Å². The molecule has 0 bridgehead atoms. The maximum atomic E-state index is 12.1. The van der Waals surface area contributed by atoms with Crippen molar-refractivity contribution in [3.8, 4) is 0 Å². The fourth-order valence-electron chi connectivity index (χ4n) is 4.35. The summed E-state index contributed by atoms with van der Waals surface area (Å²) in [6.45, 7) is 11.4. The van der Waals surface area contributed by atoms with Gasteiger partial charge in [-0.1, -0.05) is 31.2 Å². The molecule has 2 aromatic rings. The molecule has 1 heterocycles. The van der Waals surface area contributed by atoms with Crippen LogP contribution < -0.4 is 10.3 Å². The lowest BCUT2D eigenvalue weighted by Gasteiger charge is -2.50. The first kappa shape index (κ1) is 19.2. The largest absolute Gasteiger partial charge is 0.364 e. The number of amides is 1. The highest BCUT2D eigenvalue weighted by atomic mass is 16.2. The fourth-order valence-corrected chi connectivity index (χ4v) is 4.35. The van der Waals surface area contributed by atoms with Gasteiger partial charge in [-0.3, -0.25) is 4.79 Å². The third kappa shape index (κ3) is 4.05. The van der Waals surface area contributed by atoms with Crippen molar-refractivity contribution in [1.82, 2.24) is 5.43 Å². The van der Waals surface area contributed by atoms with Gasteiger partial charge in [-0.2, -0.15) is 5.10 Å². The molecule has 27 heavy (non-hydrogen) atoms. The maximum Gasteiger partial charge on any atom is 0.271 e. The molecule has 1 aliphatic rings. The smallest absolute Gasteiger partial charge is 0.271 e. The van der Waals surface area contributed by atoms with Gasteiger partial charge in [-0.25, -0.2) is 5.43 Å². The molecular weight excluding hydrogens is 334 g/mol. The van der Waals surface area contributed by atoms with E-state index < -0.39 is 0 Å². The Morgan fingerprint density at radius 1 is 1.22 bits per heavy atom. The summed E-state index contributed by atoms with van der Waals surface area (Å²) in [5, 5.41) is 4.14. The van der Waals surface area contributed by atoms with Crippen LogP contribution in [0, 0.1) is 0 Å². The lowest BCUT2D eigenvalue weighted by atomic mass is 9.79. The Morgan fingerprint density at radius 3 is 2.59 bits per heavy atom. The zero-order valence-corrected chi connectivity index (χ0v) is 16.9. The first-order chi connectivity index (χ1) is 12.8. The monoisotopic (exact) mass is 363 g/mol. The minimum absolute atomic E-state index is 0.139. The SMILES string of the molecule is CC1CC(C)(C)N(C(C)C)c2ccc(/C=N/NC(=O)c3ccccc3)cc21. The average Bonchev–Trinajstić information content (AvgIpc) is 2.61. The predicted octanol–water partition coefficient (Wildman–Crippen LogP) is 4.95. The number of nitrogens with zero attached hydrogens (tertiary/aromatic N) is 2. The van der Waals surface area contributed by atoms with E-state index in [0.717, 1.165) is 12.0 Å². The highest BCUT2D eigenvalue weighted by Gasteiger charge is 2.37. The second-order valence-corrected chi connectivity index (χ2v) is 8.26. The van der Waals surface area contributed by atoms with Gasteiger partial charge < -0.3 is 4.90 Å². The minimum Gasteiger partial charge on any atom is -0.364 e. The highest BCUT2D eigenvalue weighted by Crippen LogP contribution is 2.44. The Balaban J connectivity index is 1.80. The van der Waals surface area contributed by atoms with Crippen LogP contribution in [-0.4, -0.2) is 23.7 Å². The van der Waals surface area contributed by atoms with Crippen LogP contribution in [0.4, 0.5) is 5.69 Å². The van der Waals surface area contributed by atoms with Crippen LogP contribution in [0.25, 0.3) is 0 Å². The number of rotatable bonds is 4. The molecule has 0 spiro atoms. The van der Waals surface area contributed by atoms with Crippen molar-refractivity contribution in [2.24, 2.45) is 5.10 Å². The number of hydrogen-bond donors (Lipinski definition) is 1. The standard InChI is InChI=1S/C23H29N3O/c1-16(2)26-21-12-11-18(13-20(21)17(3)14-23(26,4)5)15-24-25-22(27)19-9-7-6-8-10-19/h6-13,15-17H,14H2,1-5H3,(H,25,27)/b24-15+. The van der Waals surface area contributed by atoms with Crippen molar-refractivity contribution in [3.05, 3.63) is 65.2 Å². The van der Waals surface area contributed by atoms with Gasteiger partial charge in [0.1, 0.15) is 0 Å². The lowest BCUT2D eigenvalue weighted by Crippen LogP contribution is -2.51. The predicted molar refractivity (Wildman–Crippen MR) is 113 cm³/mol. The molecule has 4 nitrogen and oxygen atoms in total. The van der Waals surface area contributed by atoms with E-state index in [-0.39, 0.29) is 11.4 Å². The van der Waals surface area contributed by atoms with Gasteiger partial charge in [0, 0.05) is 22.8 Å². The summed E-state index contributed by atoms with van der Waals surface area (Å²) in [5.41, 5.74) is 6.99. The Labute approximate surface area is 162 Å². The number of fused-ring (bicyclic) bond motifs is 1. The summed E-state index contributed by atoms with van der Waals surface area (Å²) in [5.74, 6) is 0.281. The Hall–Kier alpha value is -2.62. The molecular formula is C23H29N3O. The van der Waals surface area contributed by atoms with Crippen molar-refractivity contribution < 1.29 is 4.79 Å². The molecule has 3 rings (SSSR count). The topological polar surface area (TPSA) is 44.7 Å². The summed E-state index contributed by atoms with van der Waals surface area (Å²) in [7, 11) is 0. The van der Waals surface area contributed by atoms with Gasteiger partial charge in [0.2, 0.25) is 0 Å². The third-order valence-electron chi connectivity index (χ3n) is 5.23. The summed E-state index contributed by atoms with van der Waals surface area (Å²) in [4.78, 5) is 14.6. The molecule has 142 valence electrons. The van der Waals surface area contributed by atoms with Crippen LogP contribution in [0.15, 0.2) is 53.6 Å². The molecule has 4 heteroatoms. The number of carbonyl (C=O) groups excluding carboxylic acids is 1. The molecule has 0 radical (unpaired) electrons. The number of carbonyl (C=O) groups is 1. The maximum absolute atomic E-state index is 12.1. The first-order valence-electron chi connectivity index (χ1n) is 9.61. The molecule has 1 unspecified atom stereocenters. The first-order valence-corrected chi connectivity index (χ1v) is 9.61.